The number of benzene rings is 2. The zero-order valence-corrected chi connectivity index (χ0v) is 13.2. The molecule has 0 radical (unpaired) electrons. The summed E-state index contributed by atoms with van der Waals surface area (Å²) in [5.74, 6) is -3.38. The molecule has 1 atom stereocenters. The maximum absolute atomic E-state index is 13.1. The SMILES string of the molecule is CC(Oc1ccc(F)c(F)c1)C(=O)Nc1cc(C(N)=O)ccc1Cl. The van der Waals surface area contributed by atoms with Crippen LogP contribution in [0.5, 0.6) is 5.75 Å². The molecule has 0 aliphatic heterocycles. The van der Waals surface area contributed by atoms with Gasteiger partial charge in [-0.25, -0.2) is 8.78 Å². The van der Waals surface area contributed by atoms with Gasteiger partial charge in [-0.05, 0) is 37.3 Å². The van der Waals surface area contributed by atoms with E-state index in [9.17, 15) is 18.4 Å². The summed E-state index contributed by atoms with van der Waals surface area (Å²) in [6, 6.07) is 7.08. The van der Waals surface area contributed by atoms with Crippen molar-refractivity contribution in [1.82, 2.24) is 0 Å². The molecule has 0 aliphatic rings. The first-order valence-corrected chi connectivity index (χ1v) is 7.17. The number of anilines is 1. The number of primary amides is 1. The van der Waals surface area contributed by atoms with Crippen molar-refractivity contribution >= 4 is 29.1 Å². The standard InChI is InChI=1S/C16H13ClF2N2O3/c1-8(24-10-3-5-12(18)13(19)7-10)16(23)21-14-6-9(15(20)22)2-4-11(14)17/h2-8H,1H3,(H2,20,22)(H,21,23). The molecule has 0 fully saturated rings. The molecule has 1 unspecified atom stereocenters. The van der Waals surface area contributed by atoms with Crippen molar-refractivity contribution in [2.45, 2.75) is 13.0 Å². The summed E-state index contributed by atoms with van der Waals surface area (Å²) >= 11 is 5.95. The second-order valence-corrected chi connectivity index (χ2v) is 5.29. The van der Waals surface area contributed by atoms with E-state index in [1.54, 1.807) is 0 Å². The number of rotatable bonds is 5. The van der Waals surface area contributed by atoms with E-state index in [2.05, 4.69) is 5.32 Å². The molecule has 0 aliphatic carbocycles. The zero-order chi connectivity index (χ0) is 17.9. The fraction of sp³-hybridized carbons (Fsp3) is 0.125. The largest absolute Gasteiger partial charge is 0.481 e. The molecule has 0 bridgehead atoms. The molecule has 2 aromatic rings. The van der Waals surface area contributed by atoms with Gasteiger partial charge in [-0.3, -0.25) is 9.59 Å². The Morgan fingerprint density at radius 2 is 1.88 bits per heavy atom. The Balaban J connectivity index is 2.10. The molecule has 5 nitrogen and oxygen atoms in total. The normalized spacial score (nSPS) is 11.7. The van der Waals surface area contributed by atoms with Crippen molar-refractivity contribution in [3.63, 3.8) is 0 Å². The van der Waals surface area contributed by atoms with E-state index >= 15 is 0 Å². The summed E-state index contributed by atoms with van der Waals surface area (Å²) in [4.78, 5) is 23.3. The van der Waals surface area contributed by atoms with Crippen LogP contribution in [0, 0.1) is 11.6 Å². The van der Waals surface area contributed by atoms with Crippen LogP contribution in [0.3, 0.4) is 0 Å². The lowest BCUT2D eigenvalue weighted by atomic mass is 10.2. The van der Waals surface area contributed by atoms with Crippen LogP contribution in [-0.2, 0) is 4.79 Å². The predicted molar refractivity (Wildman–Crippen MR) is 85.0 cm³/mol. The van der Waals surface area contributed by atoms with E-state index in [1.807, 2.05) is 0 Å². The number of ether oxygens (including phenoxy) is 1. The highest BCUT2D eigenvalue weighted by Gasteiger charge is 2.17. The average molecular weight is 355 g/mol. The minimum atomic E-state index is -1.09. The highest BCUT2D eigenvalue weighted by Crippen LogP contribution is 2.24. The first kappa shape index (κ1) is 17.7. The van der Waals surface area contributed by atoms with Crippen LogP contribution in [0.15, 0.2) is 36.4 Å². The number of hydrogen-bond acceptors (Lipinski definition) is 3. The van der Waals surface area contributed by atoms with Crippen LogP contribution >= 0.6 is 11.6 Å². The molecule has 8 heteroatoms. The number of nitrogens with one attached hydrogen (secondary N) is 1. The van der Waals surface area contributed by atoms with E-state index < -0.39 is 29.6 Å². The van der Waals surface area contributed by atoms with Crippen molar-refractivity contribution < 1.29 is 23.1 Å². The molecule has 0 saturated heterocycles. The molecule has 0 heterocycles. The molecule has 126 valence electrons. The summed E-state index contributed by atoms with van der Waals surface area (Å²) in [5.41, 5.74) is 5.52. The summed E-state index contributed by atoms with van der Waals surface area (Å²) in [6.07, 6.45) is -1.02. The summed E-state index contributed by atoms with van der Waals surface area (Å²) < 4.78 is 31.2. The lowest BCUT2D eigenvalue weighted by Crippen LogP contribution is -2.30. The molecule has 0 aromatic heterocycles. The molecule has 0 saturated carbocycles. The van der Waals surface area contributed by atoms with E-state index in [0.717, 1.165) is 12.1 Å². The average Bonchev–Trinajstić information content (AvgIpc) is 2.52. The Morgan fingerprint density at radius 3 is 2.50 bits per heavy atom. The van der Waals surface area contributed by atoms with Crippen LogP contribution in [-0.4, -0.2) is 17.9 Å². The van der Waals surface area contributed by atoms with Gasteiger partial charge in [0.2, 0.25) is 5.91 Å². The Bertz CT molecular complexity index is 799. The Labute approximate surface area is 141 Å². The number of carbonyl (C=O) groups excluding carboxylic acids is 2. The lowest BCUT2D eigenvalue weighted by molar-refractivity contribution is -0.122. The summed E-state index contributed by atoms with van der Waals surface area (Å²) in [5, 5.41) is 2.68. The molecule has 0 spiro atoms. The van der Waals surface area contributed by atoms with Gasteiger partial charge >= 0.3 is 0 Å². The van der Waals surface area contributed by atoms with Gasteiger partial charge < -0.3 is 15.8 Å². The molecule has 2 aromatic carbocycles. The van der Waals surface area contributed by atoms with E-state index in [4.69, 9.17) is 22.1 Å². The van der Waals surface area contributed by atoms with E-state index in [1.165, 1.54) is 31.2 Å². The number of hydrogen-bond donors (Lipinski definition) is 2. The first-order valence-electron chi connectivity index (χ1n) is 6.80. The van der Waals surface area contributed by atoms with Crippen molar-refractivity contribution in [2.75, 3.05) is 5.32 Å². The van der Waals surface area contributed by atoms with Gasteiger partial charge in [-0.1, -0.05) is 11.6 Å². The van der Waals surface area contributed by atoms with E-state index in [-0.39, 0.29) is 22.0 Å². The predicted octanol–water partition coefficient (Wildman–Crippen LogP) is 3.12. The maximum atomic E-state index is 13.1. The van der Waals surface area contributed by atoms with Crippen molar-refractivity contribution in [3.8, 4) is 5.75 Å². The molecular formula is C16H13ClF2N2O3. The monoisotopic (exact) mass is 354 g/mol. The highest BCUT2D eigenvalue weighted by atomic mass is 35.5. The highest BCUT2D eigenvalue weighted by molar-refractivity contribution is 6.34. The van der Waals surface area contributed by atoms with Gasteiger partial charge in [0, 0.05) is 11.6 Å². The first-order chi connectivity index (χ1) is 11.3. The third-order valence-corrected chi connectivity index (χ3v) is 3.41. The van der Waals surface area contributed by atoms with Crippen LogP contribution < -0.4 is 15.8 Å². The molecule has 3 N–H and O–H groups in total. The second-order valence-electron chi connectivity index (χ2n) is 4.88. The third-order valence-electron chi connectivity index (χ3n) is 3.08. The summed E-state index contributed by atoms with van der Waals surface area (Å²) in [6.45, 7) is 1.42. The van der Waals surface area contributed by atoms with Gasteiger partial charge in [-0.2, -0.15) is 0 Å². The van der Waals surface area contributed by atoms with Gasteiger partial charge in [-0.15, -0.1) is 0 Å². The molecular weight excluding hydrogens is 342 g/mol. The molecule has 2 rings (SSSR count). The van der Waals surface area contributed by atoms with Crippen LogP contribution in [0.2, 0.25) is 5.02 Å². The maximum Gasteiger partial charge on any atom is 0.265 e. The van der Waals surface area contributed by atoms with Crippen LogP contribution in [0.1, 0.15) is 17.3 Å². The van der Waals surface area contributed by atoms with Crippen LogP contribution in [0.4, 0.5) is 14.5 Å². The molecule has 24 heavy (non-hydrogen) atoms. The molecule has 2 amide bonds. The van der Waals surface area contributed by atoms with Gasteiger partial charge in [0.25, 0.3) is 5.91 Å². The van der Waals surface area contributed by atoms with Gasteiger partial charge in [0.15, 0.2) is 17.7 Å². The Hall–Kier alpha value is -2.67. The zero-order valence-electron chi connectivity index (χ0n) is 12.5. The van der Waals surface area contributed by atoms with Gasteiger partial charge in [0.1, 0.15) is 5.75 Å². The minimum Gasteiger partial charge on any atom is -0.481 e. The number of halogens is 3. The topological polar surface area (TPSA) is 81.4 Å². The van der Waals surface area contributed by atoms with Gasteiger partial charge in [0.05, 0.1) is 10.7 Å². The van der Waals surface area contributed by atoms with Crippen molar-refractivity contribution in [1.29, 1.82) is 0 Å². The number of amides is 2. The van der Waals surface area contributed by atoms with E-state index in [0.29, 0.717) is 0 Å². The second kappa shape index (κ2) is 7.27. The number of nitrogens with two attached hydrogens (primary N) is 1. The lowest BCUT2D eigenvalue weighted by Gasteiger charge is -2.15. The third kappa shape index (κ3) is 4.20. The fourth-order valence-electron chi connectivity index (χ4n) is 1.82. The van der Waals surface area contributed by atoms with Crippen molar-refractivity contribution in [3.05, 3.63) is 58.6 Å². The minimum absolute atomic E-state index is 0.00599. The quantitative estimate of drug-likeness (QED) is 0.865. The fourth-order valence-corrected chi connectivity index (χ4v) is 1.98. The smallest absolute Gasteiger partial charge is 0.265 e. The van der Waals surface area contributed by atoms with Crippen molar-refractivity contribution in [2.24, 2.45) is 5.73 Å². The Morgan fingerprint density at radius 1 is 1.17 bits per heavy atom. The van der Waals surface area contributed by atoms with Crippen LogP contribution in [0.25, 0.3) is 0 Å². The summed E-state index contributed by atoms with van der Waals surface area (Å²) in [7, 11) is 0. The number of carbonyl (C=O) groups is 2. The Kier molecular flexibility index (Phi) is 5.35.